The van der Waals surface area contributed by atoms with Gasteiger partial charge in [0.2, 0.25) is 5.91 Å². The lowest BCUT2D eigenvalue weighted by Gasteiger charge is -2.21. The smallest absolute Gasteiger partial charge is 0.227 e. The maximum absolute atomic E-state index is 12.1. The first kappa shape index (κ1) is 11.1. The van der Waals surface area contributed by atoms with Gasteiger partial charge in [-0.15, -0.1) is 0 Å². The van der Waals surface area contributed by atoms with Crippen LogP contribution in [0.4, 0.5) is 0 Å². The molecule has 0 N–H and O–H groups in total. The summed E-state index contributed by atoms with van der Waals surface area (Å²) in [5.41, 5.74) is 1.06. The van der Waals surface area contributed by atoms with Gasteiger partial charge in [0.25, 0.3) is 0 Å². The Kier molecular flexibility index (Phi) is 3.54. The van der Waals surface area contributed by atoms with E-state index >= 15 is 0 Å². The van der Waals surface area contributed by atoms with E-state index in [-0.39, 0.29) is 5.91 Å². The van der Waals surface area contributed by atoms with Gasteiger partial charge in [0.05, 0.1) is 6.42 Å². The van der Waals surface area contributed by atoms with Crippen LogP contribution in [0, 0.1) is 0 Å². The minimum absolute atomic E-state index is 0.260. The van der Waals surface area contributed by atoms with E-state index in [1.54, 1.807) is 12.4 Å². The van der Waals surface area contributed by atoms with Gasteiger partial charge in [-0.1, -0.05) is 6.92 Å². The average Bonchev–Trinajstić information content (AvgIpc) is 3.11. The molecule has 1 aromatic rings. The summed E-state index contributed by atoms with van der Waals surface area (Å²) in [5, 5.41) is 0. The second-order valence-corrected chi connectivity index (χ2v) is 4.35. The molecule has 16 heavy (non-hydrogen) atoms. The lowest BCUT2D eigenvalue weighted by molar-refractivity contribution is -0.131. The number of carbonyl (C=O) groups is 1. The molecular weight excluding hydrogens is 200 g/mol. The van der Waals surface area contributed by atoms with Gasteiger partial charge in [-0.25, -0.2) is 0 Å². The van der Waals surface area contributed by atoms with Crippen molar-refractivity contribution in [2.45, 2.75) is 38.6 Å². The molecule has 0 spiro atoms. The van der Waals surface area contributed by atoms with Crippen LogP contribution in [-0.4, -0.2) is 28.4 Å². The number of hydrogen-bond donors (Lipinski definition) is 0. The molecule has 2 rings (SSSR count). The molecule has 0 unspecified atom stereocenters. The minimum Gasteiger partial charge on any atom is -0.339 e. The number of nitrogens with zero attached hydrogens (tertiary/aromatic N) is 2. The van der Waals surface area contributed by atoms with Crippen molar-refractivity contribution in [3.8, 4) is 0 Å². The SMILES string of the molecule is CCCN(C(=O)Cc1ccncc1)C1CC1. The molecule has 1 aromatic heterocycles. The third-order valence-corrected chi connectivity index (χ3v) is 2.88. The number of amides is 1. The van der Waals surface area contributed by atoms with E-state index in [9.17, 15) is 4.79 Å². The van der Waals surface area contributed by atoms with Gasteiger partial charge < -0.3 is 4.90 Å². The molecule has 0 atom stereocenters. The van der Waals surface area contributed by atoms with Gasteiger partial charge in [0.1, 0.15) is 0 Å². The quantitative estimate of drug-likeness (QED) is 0.757. The van der Waals surface area contributed by atoms with Crippen molar-refractivity contribution in [3.05, 3.63) is 30.1 Å². The van der Waals surface area contributed by atoms with Crippen molar-refractivity contribution >= 4 is 5.91 Å². The zero-order chi connectivity index (χ0) is 11.4. The van der Waals surface area contributed by atoms with Gasteiger partial charge in [-0.2, -0.15) is 0 Å². The lowest BCUT2D eigenvalue weighted by atomic mass is 10.2. The Hall–Kier alpha value is -1.38. The molecule has 0 saturated heterocycles. The molecular formula is C13H18N2O. The maximum Gasteiger partial charge on any atom is 0.227 e. The van der Waals surface area contributed by atoms with E-state index in [0.29, 0.717) is 12.5 Å². The molecule has 1 heterocycles. The largest absolute Gasteiger partial charge is 0.339 e. The zero-order valence-electron chi connectivity index (χ0n) is 9.72. The van der Waals surface area contributed by atoms with E-state index in [4.69, 9.17) is 0 Å². The first-order valence-corrected chi connectivity index (χ1v) is 5.99. The van der Waals surface area contributed by atoms with E-state index in [0.717, 1.165) is 18.5 Å². The van der Waals surface area contributed by atoms with Crippen molar-refractivity contribution in [2.75, 3.05) is 6.54 Å². The predicted octanol–water partition coefficient (Wildman–Crippen LogP) is 2.03. The summed E-state index contributed by atoms with van der Waals surface area (Å²) in [7, 11) is 0. The fraction of sp³-hybridized carbons (Fsp3) is 0.538. The molecule has 1 fully saturated rings. The predicted molar refractivity (Wildman–Crippen MR) is 63.0 cm³/mol. The van der Waals surface area contributed by atoms with E-state index in [2.05, 4.69) is 11.9 Å². The first-order chi connectivity index (χ1) is 7.81. The molecule has 3 heteroatoms. The Morgan fingerprint density at radius 3 is 2.69 bits per heavy atom. The molecule has 0 bridgehead atoms. The molecule has 1 saturated carbocycles. The molecule has 1 aliphatic carbocycles. The molecule has 0 aliphatic heterocycles. The van der Waals surface area contributed by atoms with Gasteiger partial charge in [0, 0.05) is 25.0 Å². The molecule has 1 amide bonds. The topological polar surface area (TPSA) is 33.2 Å². The molecule has 0 aromatic carbocycles. The summed E-state index contributed by atoms with van der Waals surface area (Å²) >= 11 is 0. The third kappa shape index (κ3) is 2.81. The first-order valence-electron chi connectivity index (χ1n) is 5.99. The number of rotatable bonds is 5. The highest BCUT2D eigenvalue weighted by atomic mass is 16.2. The highest BCUT2D eigenvalue weighted by Gasteiger charge is 2.31. The molecule has 86 valence electrons. The summed E-state index contributed by atoms with van der Waals surface area (Å²) in [6, 6.07) is 4.35. The van der Waals surface area contributed by atoms with E-state index in [1.807, 2.05) is 17.0 Å². The summed E-state index contributed by atoms with van der Waals surface area (Å²) in [5.74, 6) is 0.260. The van der Waals surface area contributed by atoms with Gasteiger partial charge in [-0.05, 0) is 37.0 Å². The number of pyridine rings is 1. The Morgan fingerprint density at radius 2 is 2.12 bits per heavy atom. The second-order valence-electron chi connectivity index (χ2n) is 4.35. The Morgan fingerprint density at radius 1 is 1.44 bits per heavy atom. The summed E-state index contributed by atoms with van der Waals surface area (Å²) < 4.78 is 0. The van der Waals surface area contributed by atoms with Gasteiger partial charge in [-0.3, -0.25) is 9.78 Å². The minimum atomic E-state index is 0.260. The molecule has 0 radical (unpaired) electrons. The number of hydrogen-bond acceptors (Lipinski definition) is 2. The number of carbonyl (C=O) groups excluding carboxylic acids is 1. The molecule has 1 aliphatic rings. The Labute approximate surface area is 96.5 Å². The summed E-state index contributed by atoms with van der Waals surface area (Å²) in [6.07, 6.45) is 7.40. The van der Waals surface area contributed by atoms with Gasteiger partial charge in [0.15, 0.2) is 0 Å². The van der Waals surface area contributed by atoms with Crippen LogP contribution in [0.25, 0.3) is 0 Å². The van der Waals surface area contributed by atoms with Crippen molar-refractivity contribution in [1.29, 1.82) is 0 Å². The highest BCUT2D eigenvalue weighted by Crippen LogP contribution is 2.27. The monoisotopic (exact) mass is 218 g/mol. The van der Waals surface area contributed by atoms with Crippen LogP contribution in [0.15, 0.2) is 24.5 Å². The fourth-order valence-corrected chi connectivity index (χ4v) is 1.91. The lowest BCUT2D eigenvalue weighted by Crippen LogP contribution is -2.34. The van der Waals surface area contributed by atoms with Crippen LogP contribution in [0.1, 0.15) is 31.7 Å². The molecule has 3 nitrogen and oxygen atoms in total. The Bertz CT molecular complexity index is 346. The van der Waals surface area contributed by atoms with Gasteiger partial charge >= 0.3 is 0 Å². The zero-order valence-corrected chi connectivity index (χ0v) is 9.72. The second kappa shape index (κ2) is 5.10. The standard InChI is InChI=1S/C13H18N2O/c1-2-9-15(12-3-4-12)13(16)10-11-5-7-14-8-6-11/h5-8,12H,2-4,9-10H2,1H3. The van der Waals surface area contributed by atoms with Crippen LogP contribution < -0.4 is 0 Å². The van der Waals surface area contributed by atoms with Crippen LogP contribution in [-0.2, 0) is 11.2 Å². The average molecular weight is 218 g/mol. The normalized spacial score (nSPS) is 14.8. The highest BCUT2D eigenvalue weighted by molar-refractivity contribution is 5.79. The van der Waals surface area contributed by atoms with Crippen molar-refractivity contribution in [1.82, 2.24) is 9.88 Å². The van der Waals surface area contributed by atoms with Crippen molar-refractivity contribution in [2.24, 2.45) is 0 Å². The van der Waals surface area contributed by atoms with Crippen molar-refractivity contribution in [3.63, 3.8) is 0 Å². The van der Waals surface area contributed by atoms with Crippen LogP contribution >= 0.6 is 0 Å². The third-order valence-electron chi connectivity index (χ3n) is 2.88. The van der Waals surface area contributed by atoms with E-state index in [1.165, 1.54) is 12.8 Å². The van der Waals surface area contributed by atoms with Crippen LogP contribution in [0.3, 0.4) is 0 Å². The van der Waals surface area contributed by atoms with E-state index < -0.39 is 0 Å². The number of aromatic nitrogens is 1. The van der Waals surface area contributed by atoms with Crippen LogP contribution in [0.2, 0.25) is 0 Å². The fourth-order valence-electron chi connectivity index (χ4n) is 1.91. The summed E-state index contributed by atoms with van der Waals surface area (Å²) in [6.45, 7) is 3.02. The van der Waals surface area contributed by atoms with Crippen LogP contribution in [0.5, 0.6) is 0 Å². The Balaban J connectivity index is 1.95. The maximum atomic E-state index is 12.1. The van der Waals surface area contributed by atoms with Crippen molar-refractivity contribution < 1.29 is 4.79 Å². The summed E-state index contributed by atoms with van der Waals surface area (Å²) in [4.78, 5) is 18.1.